The van der Waals surface area contributed by atoms with Crippen molar-refractivity contribution in [3.63, 3.8) is 0 Å². The summed E-state index contributed by atoms with van der Waals surface area (Å²) in [5.74, 6) is 1.64. The van der Waals surface area contributed by atoms with Crippen LogP contribution in [0.5, 0.6) is 0 Å². The van der Waals surface area contributed by atoms with E-state index in [-0.39, 0.29) is 12.5 Å². The van der Waals surface area contributed by atoms with Crippen LogP contribution in [0, 0.1) is 0 Å². The van der Waals surface area contributed by atoms with E-state index in [9.17, 15) is 4.79 Å². The Balaban J connectivity index is 1.29. The van der Waals surface area contributed by atoms with E-state index in [0.717, 1.165) is 14.5 Å². The monoisotopic (exact) mass is 531 g/mol. The molecule has 4 rings (SSSR count). The molecule has 0 saturated carbocycles. The zero-order valence-corrected chi connectivity index (χ0v) is 18.7. The maximum Gasteiger partial charge on any atom is 0.251 e. The van der Waals surface area contributed by atoms with Crippen LogP contribution >= 0.6 is 31.9 Å². The number of hydrogen-bond acceptors (Lipinski definition) is 7. The number of amides is 1. The molecule has 1 N–H and O–H groups in total. The van der Waals surface area contributed by atoms with Gasteiger partial charge >= 0.3 is 0 Å². The van der Waals surface area contributed by atoms with Gasteiger partial charge in [-0.3, -0.25) is 4.79 Å². The van der Waals surface area contributed by atoms with Gasteiger partial charge in [-0.2, -0.15) is 9.97 Å². The number of carbonyl (C=O) groups excluding carboxylic acids is 1. The van der Waals surface area contributed by atoms with Crippen molar-refractivity contribution in [3.05, 3.63) is 80.6 Å². The Morgan fingerprint density at radius 3 is 2.13 bits per heavy atom. The van der Waals surface area contributed by atoms with Gasteiger partial charge in [0, 0.05) is 32.9 Å². The molecule has 0 radical (unpaired) electrons. The maximum absolute atomic E-state index is 12.1. The minimum Gasteiger partial charge on any atom is -0.345 e. The van der Waals surface area contributed by atoms with Crippen molar-refractivity contribution < 1.29 is 13.8 Å². The number of aryl methyl sites for hydroxylation is 2. The normalized spacial score (nSPS) is 10.9. The number of benzene rings is 2. The first kappa shape index (κ1) is 20.4. The highest BCUT2D eigenvalue weighted by Crippen LogP contribution is 2.19. The topological polar surface area (TPSA) is 107 Å². The second-order valence-corrected chi connectivity index (χ2v) is 8.14. The minimum atomic E-state index is -0.208. The number of aromatic nitrogens is 4. The zero-order valence-electron chi connectivity index (χ0n) is 15.5. The molecular formula is C20H15Br2N5O3. The Labute approximate surface area is 188 Å². The van der Waals surface area contributed by atoms with Crippen molar-refractivity contribution in [2.24, 2.45) is 0 Å². The number of rotatable bonds is 7. The van der Waals surface area contributed by atoms with Crippen molar-refractivity contribution >= 4 is 37.8 Å². The lowest BCUT2D eigenvalue weighted by Crippen LogP contribution is -2.23. The van der Waals surface area contributed by atoms with Gasteiger partial charge in [-0.25, -0.2) is 0 Å². The molecule has 152 valence electrons. The van der Waals surface area contributed by atoms with Crippen LogP contribution in [0.4, 0.5) is 0 Å². The summed E-state index contributed by atoms with van der Waals surface area (Å²) in [7, 11) is 0. The van der Waals surface area contributed by atoms with E-state index >= 15 is 0 Å². The molecule has 0 atom stereocenters. The first-order valence-electron chi connectivity index (χ1n) is 9.00. The van der Waals surface area contributed by atoms with E-state index in [2.05, 4.69) is 57.5 Å². The lowest BCUT2D eigenvalue weighted by molar-refractivity contribution is 0.0949. The highest BCUT2D eigenvalue weighted by Gasteiger charge is 2.13. The summed E-state index contributed by atoms with van der Waals surface area (Å²) in [6, 6.07) is 14.7. The van der Waals surface area contributed by atoms with Gasteiger partial charge in [0.1, 0.15) is 0 Å². The van der Waals surface area contributed by atoms with Crippen LogP contribution in [0.25, 0.3) is 11.4 Å². The second kappa shape index (κ2) is 9.31. The molecule has 0 aliphatic heterocycles. The van der Waals surface area contributed by atoms with Crippen LogP contribution in [0.3, 0.4) is 0 Å². The first-order valence-corrected chi connectivity index (χ1v) is 10.6. The summed E-state index contributed by atoms with van der Waals surface area (Å²) in [5, 5.41) is 10.7. The van der Waals surface area contributed by atoms with Crippen molar-refractivity contribution in [3.8, 4) is 11.4 Å². The van der Waals surface area contributed by atoms with E-state index in [4.69, 9.17) is 9.05 Å². The van der Waals surface area contributed by atoms with Crippen LogP contribution in [0.1, 0.15) is 28.0 Å². The molecule has 2 aromatic carbocycles. The summed E-state index contributed by atoms with van der Waals surface area (Å²) in [4.78, 5) is 20.8. The summed E-state index contributed by atoms with van der Waals surface area (Å²) in [6.07, 6.45) is 0.923. The Morgan fingerprint density at radius 2 is 1.43 bits per heavy atom. The molecule has 30 heavy (non-hydrogen) atoms. The van der Waals surface area contributed by atoms with E-state index in [1.807, 2.05) is 24.3 Å². The predicted molar refractivity (Wildman–Crippen MR) is 114 cm³/mol. The van der Waals surface area contributed by atoms with Crippen LogP contribution in [0.2, 0.25) is 0 Å². The summed E-state index contributed by atoms with van der Waals surface area (Å²) in [5.41, 5.74) is 1.43. The molecule has 0 aliphatic carbocycles. The fourth-order valence-electron chi connectivity index (χ4n) is 2.61. The fraction of sp³-hybridized carbons (Fsp3) is 0.150. The molecule has 2 aromatic heterocycles. The lowest BCUT2D eigenvalue weighted by atomic mass is 10.2. The third-order valence-electron chi connectivity index (χ3n) is 4.15. The largest absolute Gasteiger partial charge is 0.345 e. The highest BCUT2D eigenvalue weighted by molar-refractivity contribution is 9.10. The van der Waals surface area contributed by atoms with E-state index < -0.39 is 0 Å². The Bertz CT molecular complexity index is 1140. The standard InChI is InChI=1S/C20H15Br2N5O3/c21-14-5-1-12(2-6-14)19-25-18(30-27-19)10-9-17-24-16(26-29-17)11-23-20(28)13-3-7-15(22)8-4-13/h1-8H,9-11H2,(H,23,28). The highest BCUT2D eigenvalue weighted by atomic mass is 79.9. The molecule has 0 aliphatic rings. The van der Waals surface area contributed by atoms with Crippen LogP contribution in [0.15, 0.2) is 66.5 Å². The van der Waals surface area contributed by atoms with Gasteiger partial charge in [-0.15, -0.1) is 0 Å². The van der Waals surface area contributed by atoms with Gasteiger partial charge in [-0.1, -0.05) is 42.2 Å². The Morgan fingerprint density at radius 1 is 0.833 bits per heavy atom. The van der Waals surface area contributed by atoms with Crippen LogP contribution in [-0.4, -0.2) is 26.2 Å². The summed E-state index contributed by atoms with van der Waals surface area (Å²) < 4.78 is 12.4. The average molecular weight is 533 g/mol. The summed E-state index contributed by atoms with van der Waals surface area (Å²) in [6.45, 7) is 0.173. The Hall–Kier alpha value is -2.85. The van der Waals surface area contributed by atoms with Gasteiger partial charge in [0.05, 0.1) is 6.54 Å². The number of carbonyl (C=O) groups is 1. The lowest BCUT2D eigenvalue weighted by Gasteiger charge is -2.02. The summed E-state index contributed by atoms with van der Waals surface area (Å²) >= 11 is 6.74. The third kappa shape index (κ3) is 5.19. The molecule has 0 unspecified atom stereocenters. The van der Waals surface area contributed by atoms with Crippen LogP contribution in [-0.2, 0) is 19.4 Å². The molecule has 4 aromatic rings. The van der Waals surface area contributed by atoms with Gasteiger partial charge in [0.2, 0.25) is 17.6 Å². The number of halogens is 2. The van der Waals surface area contributed by atoms with Gasteiger partial charge in [-0.05, 0) is 48.5 Å². The third-order valence-corrected chi connectivity index (χ3v) is 5.20. The SMILES string of the molecule is O=C(NCc1noc(CCc2nc(-c3ccc(Br)cc3)no2)n1)c1ccc(Br)cc1. The molecule has 0 spiro atoms. The predicted octanol–water partition coefficient (Wildman–Crippen LogP) is 4.36. The number of nitrogens with zero attached hydrogens (tertiary/aromatic N) is 4. The van der Waals surface area contributed by atoms with E-state index in [1.54, 1.807) is 24.3 Å². The first-order chi connectivity index (χ1) is 14.6. The van der Waals surface area contributed by atoms with Crippen molar-refractivity contribution in [2.75, 3.05) is 0 Å². The van der Waals surface area contributed by atoms with Gasteiger partial charge in [0.25, 0.3) is 5.91 Å². The molecule has 2 heterocycles. The average Bonchev–Trinajstić information content (AvgIpc) is 3.41. The number of hydrogen-bond donors (Lipinski definition) is 1. The van der Waals surface area contributed by atoms with Crippen molar-refractivity contribution in [2.45, 2.75) is 19.4 Å². The fourth-order valence-corrected chi connectivity index (χ4v) is 3.14. The van der Waals surface area contributed by atoms with Crippen LogP contribution < -0.4 is 5.32 Å². The molecule has 8 nitrogen and oxygen atoms in total. The Kier molecular flexibility index (Phi) is 6.34. The quantitative estimate of drug-likeness (QED) is 0.376. The minimum absolute atomic E-state index is 0.173. The molecule has 10 heteroatoms. The van der Waals surface area contributed by atoms with Crippen molar-refractivity contribution in [1.29, 1.82) is 0 Å². The van der Waals surface area contributed by atoms with E-state index in [1.165, 1.54) is 0 Å². The van der Waals surface area contributed by atoms with Crippen molar-refractivity contribution in [1.82, 2.24) is 25.6 Å². The van der Waals surface area contributed by atoms with Gasteiger partial charge in [0.15, 0.2) is 5.82 Å². The molecule has 1 amide bonds. The number of nitrogens with one attached hydrogen (secondary N) is 1. The molecule has 0 saturated heterocycles. The zero-order chi connectivity index (χ0) is 20.9. The molecule has 0 bridgehead atoms. The smallest absolute Gasteiger partial charge is 0.251 e. The van der Waals surface area contributed by atoms with Gasteiger partial charge < -0.3 is 14.4 Å². The second-order valence-electron chi connectivity index (χ2n) is 6.31. The maximum atomic E-state index is 12.1. The molecular weight excluding hydrogens is 518 g/mol. The van der Waals surface area contributed by atoms with E-state index in [0.29, 0.717) is 41.8 Å². The molecule has 0 fully saturated rings.